The van der Waals surface area contributed by atoms with Gasteiger partial charge in [-0.15, -0.1) is 0 Å². The molecule has 1 fully saturated rings. The molecule has 2 aromatic rings. The topological polar surface area (TPSA) is 64.3 Å². The number of aliphatic hydroxyl groups excluding tert-OH is 1. The molecule has 5 heteroatoms. The van der Waals surface area contributed by atoms with E-state index >= 15 is 0 Å². The molecule has 0 radical (unpaired) electrons. The van der Waals surface area contributed by atoms with E-state index in [0.717, 1.165) is 5.56 Å². The summed E-state index contributed by atoms with van der Waals surface area (Å²) < 4.78 is 13.1. The molecule has 0 saturated carbocycles. The molecule has 1 saturated heterocycles. The van der Waals surface area contributed by atoms with Gasteiger partial charge in [0.05, 0.1) is 23.8 Å². The summed E-state index contributed by atoms with van der Waals surface area (Å²) in [6.45, 7) is 0.237. The molecular weight excluding hydrogens is 295 g/mol. The minimum atomic E-state index is -0.604. The largest absolute Gasteiger partial charge is 0.391 e. The van der Waals surface area contributed by atoms with Crippen molar-refractivity contribution in [1.29, 1.82) is 5.26 Å². The van der Waals surface area contributed by atoms with Crippen LogP contribution >= 0.6 is 0 Å². The van der Waals surface area contributed by atoms with Gasteiger partial charge in [0.1, 0.15) is 5.82 Å². The number of likely N-dealkylation sites (tertiary alicyclic amines) is 1. The summed E-state index contributed by atoms with van der Waals surface area (Å²) in [7, 11) is 0. The quantitative estimate of drug-likeness (QED) is 0.927. The van der Waals surface area contributed by atoms with Crippen LogP contribution in [0.4, 0.5) is 4.39 Å². The van der Waals surface area contributed by atoms with Gasteiger partial charge >= 0.3 is 0 Å². The second-order valence-electron chi connectivity index (χ2n) is 5.60. The van der Waals surface area contributed by atoms with E-state index in [4.69, 9.17) is 5.26 Å². The average Bonchev–Trinajstić information content (AvgIpc) is 2.97. The summed E-state index contributed by atoms with van der Waals surface area (Å²) in [6.07, 6.45) is -0.180. The smallest absolute Gasteiger partial charge is 0.254 e. The van der Waals surface area contributed by atoms with Crippen molar-refractivity contribution in [3.05, 3.63) is 71.0 Å². The Morgan fingerprint density at radius 3 is 2.43 bits per heavy atom. The third-order valence-corrected chi connectivity index (χ3v) is 4.06. The number of hydrogen-bond donors (Lipinski definition) is 1. The Labute approximate surface area is 133 Å². The minimum absolute atomic E-state index is 0.208. The van der Waals surface area contributed by atoms with Gasteiger partial charge in [0.15, 0.2) is 0 Å². The van der Waals surface area contributed by atoms with Crippen LogP contribution in [0.3, 0.4) is 0 Å². The predicted octanol–water partition coefficient (Wildman–Crippen LogP) is 2.65. The molecule has 1 aliphatic rings. The number of rotatable bonds is 2. The van der Waals surface area contributed by atoms with E-state index in [9.17, 15) is 14.3 Å². The first-order valence-corrected chi connectivity index (χ1v) is 7.33. The summed E-state index contributed by atoms with van der Waals surface area (Å²) in [5, 5.41) is 18.8. The zero-order chi connectivity index (χ0) is 16.4. The monoisotopic (exact) mass is 310 g/mol. The van der Waals surface area contributed by atoms with Crippen molar-refractivity contribution in [2.75, 3.05) is 6.54 Å². The number of hydrogen-bond acceptors (Lipinski definition) is 3. The summed E-state index contributed by atoms with van der Waals surface area (Å²) in [5.74, 6) is -0.544. The maximum atomic E-state index is 13.1. The molecule has 1 heterocycles. The Kier molecular flexibility index (Phi) is 4.09. The molecule has 23 heavy (non-hydrogen) atoms. The van der Waals surface area contributed by atoms with Crippen LogP contribution < -0.4 is 0 Å². The highest BCUT2D eigenvalue weighted by Crippen LogP contribution is 2.33. The van der Waals surface area contributed by atoms with Gasteiger partial charge < -0.3 is 10.0 Å². The van der Waals surface area contributed by atoms with E-state index in [-0.39, 0.29) is 24.3 Å². The first-order valence-electron chi connectivity index (χ1n) is 7.33. The van der Waals surface area contributed by atoms with E-state index in [1.807, 2.05) is 6.07 Å². The van der Waals surface area contributed by atoms with Crippen molar-refractivity contribution in [2.45, 2.75) is 18.6 Å². The number of benzene rings is 2. The Balaban J connectivity index is 1.87. The number of nitrogens with zero attached hydrogens (tertiary/aromatic N) is 2. The minimum Gasteiger partial charge on any atom is -0.391 e. The van der Waals surface area contributed by atoms with Gasteiger partial charge in [0.2, 0.25) is 0 Å². The third-order valence-electron chi connectivity index (χ3n) is 4.06. The van der Waals surface area contributed by atoms with Crippen LogP contribution in [0.5, 0.6) is 0 Å². The van der Waals surface area contributed by atoms with Crippen LogP contribution in [-0.4, -0.2) is 28.6 Å². The molecule has 0 spiro atoms. The van der Waals surface area contributed by atoms with Gasteiger partial charge in [0, 0.05) is 12.1 Å². The molecule has 2 atom stereocenters. The highest BCUT2D eigenvalue weighted by molar-refractivity contribution is 5.94. The normalized spacial score (nSPS) is 20.3. The summed E-state index contributed by atoms with van der Waals surface area (Å²) in [5.41, 5.74) is 1.74. The zero-order valence-electron chi connectivity index (χ0n) is 12.3. The fraction of sp³-hybridized carbons (Fsp3) is 0.222. The molecule has 0 unspecified atom stereocenters. The predicted molar refractivity (Wildman–Crippen MR) is 82.0 cm³/mol. The van der Waals surface area contributed by atoms with E-state index < -0.39 is 6.10 Å². The van der Waals surface area contributed by atoms with Gasteiger partial charge in [-0.3, -0.25) is 4.79 Å². The highest BCUT2D eigenvalue weighted by Gasteiger charge is 2.35. The number of halogens is 1. The lowest BCUT2D eigenvalue weighted by atomic mass is 10.0. The molecule has 3 rings (SSSR count). The lowest BCUT2D eigenvalue weighted by Crippen LogP contribution is -2.31. The van der Waals surface area contributed by atoms with Crippen molar-refractivity contribution in [3.63, 3.8) is 0 Å². The summed E-state index contributed by atoms with van der Waals surface area (Å²) in [4.78, 5) is 14.3. The van der Waals surface area contributed by atoms with Crippen molar-refractivity contribution in [3.8, 4) is 6.07 Å². The fourth-order valence-electron chi connectivity index (χ4n) is 2.89. The molecule has 1 amide bonds. The molecule has 4 nitrogen and oxygen atoms in total. The van der Waals surface area contributed by atoms with Gasteiger partial charge in [-0.05, 0) is 48.4 Å². The fourth-order valence-corrected chi connectivity index (χ4v) is 2.89. The van der Waals surface area contributed by atoms with E-state index in [1.54, 1.807) is 41.3 Å². The SMILES string of the molecule is N#Cc1ccc(C(=O)N2C[C@@H](O)C[C@H]2c2ccc(F)cc2)cc1. The van der Waals surface area contributed by atoms with Crippen LogP contribution in [0.25, 0.3) is 0 Å². The Hall–Kier alpha value is -2.71. The molecule has 0 aromatic heterocycles. The Bertz CT molecular complexity index is 750. The summed E-state index contributed by atoms with van der Waals surface area (Å²) in [6, 6.07) is 14.1. The van der Waals surface area contributed by atoms with Crippen molar-refractivity contribution in [2.24, 2.45) is 0 Å². The van der Waals surface area contributed by atoms with Gasteiger partial charge in [-0.1, -0.05) is 12.1 Å². The van der Waals surface area contributed by atoms with Crippen LogP contribution in [0.1, 0.15) is 33.9 Å². The van der Waals surface area contributed by atoms with E-state index in [1.165, 1.54) is 12.1 Å². The first kappa shape index (κ1) is 15.2. The number of aliphatic hydroxyl groups is 1. The Morgan fingerprint density at radius 1 is 1.17 bits per heavy atom. The number of amides is 1. The van der Waals surface area contributed by atoms with Crippen LogP contribution in [0, 0.1) is 17.1 Å². The van der Waals surface area contributed by atoms with Crippen LogP contribution in [0.2, 0.25) is 0 Å². The molecule has 0 aliphatic carbocycles. The third kappa shape index (κ3) is 3.08. The van der Waals surface area contributed by atoms with Gasteiger partial charge in [0.25, 0.3) is 5.91 Å². The number of carbonyl (C=O) groups is 1. The molecule has 116 valence electrons. The average molecular weight is 310 g/mol. The summed E-state index contributed by atoms with van der Waals surface area (Å²) >= 11 is 0. The van der Waals surface area contributed by atoms with E-state index in [0.29, 0.717) is 17.5 Å². The molecule has 1 aliphatic heterocycles. The van der Waals surface area contributed by atoms with Crippen LogP contribution in [0.15, 0.2) is 48.5 Å². The number of carbonyl (C=O) groups excluding carboxylic acids is 1. The maximum Gasteiger partial charge on any atom is 0.254 e. The molecular formula is C18H15FN2O2. The molecule has 1 N–H and O–H groups in total. The zero-order valence-corrected chi connectivity index (χ0v) is 12.3. The lowest BCUT2D eigenvalue weighted by molar-refractivity contribution is 0.0716. The van der Waals surface area contributed by atoms with Gasteiger partial charge in [-0.2, -0.15) is 5.26 Å². The second-order valence-corrected chi connectivity index (χ2v) is 5.60. The van der Waals surface area contributed by atoms with Gasteiger partial charge in [-0.25, -0.2) is 4.39 Å². The molecule has 2 aromatic carbocycles. The second kappa shape index (κ2) is 6.19. The van der Waals surface area contributed by atoms with Crippen molar-refractivity contribution in [1.82, 2.24) is 4.90 Å². The lowest BCUT2D eigenvalue weighted by Gasteiger charge is -2.25. The van der Waals surface area contributed by atoms with Crippen molar-refractivity contribution < 1.29 is 14.3 Å². The van der Waals surface area contributed by atoms with Crippen LogP contribution in [-0.2, 0) is 0 Å². The number of nitriles is 1. The maximum absolute atomic E-state index is 13.1. The number of β-amino-alcohol motifs (C(OH)–C–C–N with tert-alkyl or cyclic N) is 1. The standard InChI is InChI=1S/C18H15FN2O2/c19-15-7-5-13(6-8-15)17-9-16(22)11-21(17)18(23)14-3-1-12(10-20)2-4-14/h1-8,16-17,22H,9,11H2/t16-,17-/m0/s1. The van der Waals surface area contributed by atoms with Crippen molar-refractivity contribution >= 4 is 5.91 Å². The first-order chi connectivity index (χ1) is 11.1. The Morgan fingerprint density at radius 2 is 1.83 bits per heavy atom. The highest BCUT2D eigenvalue weighted by atomic mass is 19.1. The molecule has 0 bridgehead atoms. The van der Waals surface area contributed by atoms with E-state index in [2.05, 4.69) is 0 Å².